The Labute approximate surface area is 197 Å². The minimum atomic E-state index is 0.664. The van der Waals surface area contributed by atoms with E-state index >= 15 is 0 Å². The predicted molar refractivity (Wildman–Crippen MR) is 144 cm³/mol. The monoisotopic (exact) mass is 431 g/mol. The highest BCUT2D eigenvalue weighted by atomic mass is 14.5. The molecule has 0 aliphatic carbocycles. The summed E-state index contributed by atoms with van der Waals surface area (Å²) in [5, 5.41) is 0. The molecule has 31 heavy (non-hydrogen) atoms. The summed E-state index contributed by atoms with van der Waals surface area (Å²) in [7, 11) is 0. The Kier molecular flexibility index (Phi) is 23.2. The zero-order valence-corrected chi connectivity index (χ0v) is 21.7. The lowest BCUT2D eigenvalue weighted by Gasteiger charge is -2.08. The first-order valence-electron chi connectivity index (χ1n) is 13.8. The zero-order chi connectivity index (χ0) is 23.0. The fraction of sp³-hybridized carbons (Fsp3) is 0.800. The van der Waals surface area contributed by atoms with Gasteiger partial charge in [0.05, 0.1) is 0 Å². The molecule has 0 rings (SSSR count). The Morgan fingerprint density at radius 1 is 0.742 bits per heavy atom. The third-order valence-electron chi connectivity index (χ3n) is 6.45. The van der Waals surface area contributed by atoms with Gasteiger partial charge in [0.25, 0.3) is 0 Å². The van der Waals surface area contributed by atoms with E-state index in [0.717, 1.165) is 18.9 Å². The van der Waals surface area contributed by atoms with Crippen molar-refractivity contribution >= 4 is 0 Å². The molecule has 0 aromatic rings. The fourth-order valence-electron chi connectivity index (χ4n) is 4.16. The van der Waals surface area contributed by atoms with Crippen molar-refractivity contribution in [3.63, 3.8) is 0 Å². The van der Waals surface area contributed by atoms with Crippen LogP contribution in [0.4, 0.5) is 0 Å². The Morgan fingerprint density at radius 3 is 2.00 bits per heavy atom. The smallest absolute Gasteiger partial charge is 0.00773 e. The summed E-state index contributed by atoms with van der Waals surface area (Å²) >= 11 is 0. The van der Waals surface area contributed by atoms with Gasteiger partial charge in [-0.1, -0.05) is 128 Å². The maximum Gasteiger partial charge on any atom is -0.00773 e. The van der Waals surface area contributed by atoms with Crippen molar-refractivity contribution in [1.29, 1.82) is 0 Å². The summed E-state index contributed by atoms with van der Waals surface area (Å²) in [6.45, 7) is 12.1. The number of nitrogens with two attached hydrogens (primary N) is 1. The van der Waals surface area contributed by atoms with Crippen LogP contribution in [0.3, 0.4) is 0 Å². The maximum absolute atomic E-state index is 5.56. The van der Waals surface area contributed by atoms with Crippen LogP contribution >= 0.6 is 0 Å². The van der Waals surface area contributed by atoms with Gasteiger partial charge in [-0.05, 0) is 63.3 Å². The van der Waals surface area contributed by atoms with E-state index in [-0.39, 0.29) is 0 Å². The summed E-state index contributed by atoms with van der Waals surface area (Å²) in [6.07, 6.45) is 33.2. The first-order valence-corrected chi connectivity index (χ1v) is 13.8. The van der Waals surface area contributed by atoms with Gasteiger partial charge >= 0.3 is 0 Å². The van der Waals surface area contributed by atoms with Crippen molar-refractivity contribution in [3.05, 3.63) is 36.5 Å². The van der Waals surface area contributed by atoms with E-state index < -0.39 is 0 Å². The molecule has 0 bridgehead atoms. The molecular formula is C30H57N. The van der Waals surface area contributed by atoms with Crippen LogP contribution in [0, 0.1) is 11.8 Å². The van der Waals surface area contributed by atoms with Crippen LogP contribution < -0.4 is 5.73 Å². The van der Waals surface area contributed by atoms with Gasteiger partial charge in [0.1, 0.15) is 0 Å². The minimum absolute atomic E-state index is 0.664. The molecule has 0 heterocycles. The summed E-state index contributed by atoms with van der Waals surface area (Å²) in [6, 6.07) is 0. The molecule has 0 saturated heterocycles. The lowest BCUT2D eigenvalue weighted by molar-refractivity contribution is 0.506. The molecule has 0 aromatic heterocycles. The number of hydrogen-bond acceptors (Lipinski definition) is 1. The molecule has 2 atom stereocenters. The largest absolute Gasteiger partial charge is 0.330 e. The van der Waals surface area contributed by atoms with E-state index in [2.05, 4.69) is 51.7 Å². The molecular weight excluding hydrogens is 374 g/mol. The zero-order valence-electron chi connectivity index (χ0n) is 21.7. The predicted octanol–water partition coefficient (Wildman–Crippen LogP) is 9.93. The van der Waals surface area contributed by atoms with Gasteiger partial charge in [0.2, 0.25) is 0 Å². The minimum Gasteiger partial charge on any atom is -0.330 e. The third-order valence-corrected chi connectivity index (χ3v) is 6.45. The molecule has 0 spiro atoms. The average molecular weight is 432 g/mol. The van der Waals surface area contributed by atoms with Crippen molar-refractivity contribution in [2.75, 3.05) is 6.54 Å². The Bertz CT molecular complexity index is 434. The van der Waals surface area contributed by atoms with Crippen molar-refractivity contribution in [2.45, 2.75) is 136 Å². The molecule has 0 aromatic carbocycles. The average Bonchev–Trinajstić information content (AvgIpc) is 2.75. The van der Waals surface area contributed by atoms with Crippen molar-refractivity contribution in [2.24, 2.45) is 17.6 Å². The van der Waals surface area contributed by atoms with Crippen molar-refractivity contribution in [1.82, 2.24) is 0 Å². The van der Waals surface area contributed by atoms with Crippen LogP contribution in [0.5, 0.6) is 0 Å². The number of unbranched alkanes of at least 4 members (excludes halogenated alkanes) is 10. The van der Waals surface area contributed by atoms with Crippen LogP contribution in [0.1, 0.15) is 136 Å². The van der Waals surface area contributed by atoms with Gasteiger partial charge in [-0.3, -0.25) is 0 Å². The van der Waals surface area contributed by atoms with E-state index in [1.54, 1.807) is 0 Å². The summed E-state index contributed by atoms with van der Waals surface area (Å²) in [5.74, 6) is 1.44. The lowest BCUT2D eigenvalue weighted by atomic mass is 9.98. The quantitative estimate of drug-likeness (QED) is 0.0971. The Hall–Kier alpha value is -0.820. The standard InChI is InChI=1S/C30H57N/c1-5-6-7-8-9-10-11-12-13-15-21-29(3)25-20-26-30(4)23-17-14-16-22-28(2)24-18-19-27-31/h14,16-17,23,28,30H,3,5-13,15,18-22,24-27,31H2,1-2,4H3/b16-14+,23-17+. The molecule has 0 aliphatic rings. The van der Waals surface area contributed by atoms with Crippen LogP contribution in [-0.4, -0.2) is 6.54 Å². The highest BCUT2D eigenvalue weighted by Crippen LogP contribution is 2.18. The fourth-order valence-corrected chi connectivity index (χ4v) is 4.16. The van der Waals surface area contributed by atoms with Gasteiger partial charge in [0, 0.05) is 0 Å². The molecule has 2 N–H and O–H groups in total. The van der Waals surface area contributed by atoms with Crippen LogP contribution in [0.15, 0.2) is 36.5 Å². The van der Waals surface area contributed by atoms with Gasteiger partial charge in [-0.2, -0.15) is 0 Å². The molecule has 0 amide bonds. The van der Waals surface area contributed by atoms with Gasteiger partial charge in [-0.25, -0.2) is 0 Å². The van der Waals surface area contributed by atoms with Gasteiger partial charge in [0.15, 0.2) is 0 Å². The van der Waals surface area contributed by atoms with Crippen molar-refractivity contribution < 1.29 is 0 Å². The normalized spacial score (nSPS) is 13.9. The number of allylic oxidation sites excluding steroid dienone is 5. The second-order valence-electron chi connectivity index (χ2n) is 9.99. The second kappa shape index (κ2) is 23.8. The second-order valence-corrected chi connectivity index (χ2v) is 9.99. The number of rotatable bonds is 23. The molecule has 0 fully saturated rings. The first-order chi connectivity index (χ1) is 15.1. The van der Waals surface area contributed by atoms with E-state index in [1.165, 1.54) is 115 Å². The van der Waals surface area contributed by atoms with E-state index in [0.29, 0.717) is 5.92 Å². The highest BCUT2D eigenvalue weighted by molar-refractivity contribution is 5.04. The first kappa shape index (κ1) is 30.2. The molecule has 2 unspecified atom stereocenters. The Morgan fingerprint density at radius 2 is 1.35 bits per heavy atom. The van der Waals surface area contributed by atoms with Crippen molar-refractivity contribution in [3.8, 4) is 0 Å². The molecule has 1 nitrogen and oxygen atoms in total. The molecule has 0 radical (unpaired) electrons. The summed E-state index contributed by atoms with van der Waals surface area (Å²) in [4.78, 5) is 0. The molecule has 0 aliphatic heterocycles. The maximum atomic E-state index is 5.56. The third kappa shape index (κ3) is 23.7. The van der Waals surface area contributed by atoms with E-state index in [4.69, 9.17) is 5.73 Å². The van der Waals surface area contributed by atoms with Crippen LogP contribution in [0.25, 0.3) is 0 Å². The van der Waals surface area contributed by atoms with E-state index in [9.17, 15) is 0 Å². The van der Waals surface area contributed by atoms with E-state index in [1.807, 2.05) is 0 Å². The van der Waals surface area contributed by atoms with Gasteiger partial charge < -0.3 is 5.73 Å². The van der Waals surface area contributed by atoms with Gasteiger partial charge in [-0.15, -0.1) is 0 Å². The molecule has 0 saturated carbocycles. The lowest BCUT2D eigenvalue weighted by Crippen LogP contribution is -2.00. The molecule has 182 valence electrons. The summed E-state index contributed by atoms with van der Waals surface area (Å²) in [5.41, 5.74) is 7.03. The SMILES string of the molecule is C=C(CCCCCCCCCCCC)CCCC(C)/C=C/C=C/CC(C)CCCCN. The molecule has 1 heteroatoms. The highest BCUT2D eigenvalue weighted by Gasteiger charge is 2.01. The van der Waals surface area contributed by atoms with Crippen LogP contribution in [0.2, 0.25) is 0 Å². The topological polar surface area (TPSA) is 26.0 Å². The number of hydrogen-bond donors (Lipinski definition) is 1. The van der Waals surface area contributed by atoms with Crippen LogP contribution in [-0.2, 0) is 0 Å². The Balaban J connectivity index is 3.55. The summed E-state index contributed by atoms with van der Waals surface area (Å²) < 4.78 is 0.